The van der Waals surface area contributed by atoms with E-state index in [0.29, 0.717) is 6.54 Å². The topological polar surface area (TPSA) is 52.5 Å². The molecule has 3 N–H and O–H groups in total. The van der Waals surface area contributed by atoms with Crippen molar-refractivity contribution in [1.29, 1.82) is 0 Å². The van der Waals surface area contributed by atoms with Crippen LogP contribution in [0.3, 0.4) is 0 Å². The van der Waals surface area contributed by atoms with Crippen LogP contribution >= 0.6 is 11.3 Å². The first-order chi connectivity index (χ1) is 6.24. The Balaban J connectivity index is 2.30. The molecule has 1 heterocycles. The zero-order chi connectivity index (χ0) is 9.68. The Bertz CT molecular complexity index is 226. The zero-order valence-corrected chi connectivity index (χ0v) is 8.42. The lowest BCUT2D eigenvalue weighted by Gasteiger charge is -2.14. The van der Waals surface area contributed by atoms with Crippen molar-refractivity contribution in [2.75, 3.05) is 13.2 Å². The second-order valence-corrected chi connectivity index (χ2v) is 3.96. The summed E-state index contributed by atoms with van der Waals surface area (Å²) in [6.45, 7) is 2.27. The summed E-state index contributed by atoms with van der Waals surface area (Å²) in [5, 5.41) is 22.8. The van der Waals surface area contributed by atoms with E-state index in [9.17, 15) is 0 Å². The molecule has 0 aliphatic heterocycles. The van der Waals surface area contributed by atoms with Crippen LogP contribution < -0.4 is 5.32 Å². The van der Waals surface area contributed by atoms with Crippen molar-refractivity contribution in [2.24, 2.45) is 0 Å². The molecular formula is C9H15NO2S. The van der Waals surface area contributed by atoms with Crippen LogP contribution in [0.1, 0.15) is 17.8 Å². The van der Waals surface area contributed by atoms with Crippen LogP contribution in [0.5, 0.6) is 0 Å². The Hall–Kier alpha value is -0.420. The van der Waals surface area contributed by atoms with E-state index >= 15 is 0 Å². The van der Waals surface area contributed by atoms with Gasteiger partial charge in [0.1, 0.15) is 0 Å². The zero-order valence-electron chi connectivity index (χ0n) is 7.60. The molecule has 0 saturated heterocycles. The Kier molecular flexibility index (Phi) is 4.38. The van der Waals surface area contributed by atoms with Crippen LogP contribution in [0, 0.1) is 0 Å². The van der Waals surface area contributed by atoms with E-state index in [1.807, 2.05) is 24.4 Å². The molecule has 0 aliphatic rings. The SMILES string of the molecule is C[C@@H](NC[C@H](O)CO)c1cccs1. The van der Waals surface area contributed by atoms with E-state index in [4.69, 9.17) is 10.2 Å². The van der Waals surface area contributed by atoms with Gasteiger partial charge in [-0.2, -0.15) is 0 Å². The molecule has 4 heteroatoms. The first-order valence-electron chi connectivity index (χ1n) is 4.29. The van der Waals surface area contributed by atoms with Gasteiger partial charge in [0.25, 0.3) is 0 Å². The van der Waals surface area contributed by atoms with Crippen molar-refractivity contribution < 1.29 is 10.2 Å². The second-order valence-electron chi connectivity index (χ2n) is 2.98. The molecule has 0 unspecified atom stereocenters. The van der Waals surface area contributed by atoms with Gasteiger partial charge in [-0.1, -0.05) is 6.07 Å². The third-order valence-electron chi connectivity index (χ3n) is 1.84. The molecule has 1 aromatic rings. The first kappa shape index (κ1) is 10.7. The fourth-order valence-corrected chi connectivity index (χ4v) is 1.77. The molecule has 0 saturated carbocycles. The Morgan fingerprint density at radius 2 is 2.38 bits per heavy atom. The molecule has 0 amide bonds. The van der Waals surface area contributed by atoms with E-state index in [0.717, 1.165) is 0 Å². The summed E-state index contributed by atoms with van der Waals surface area (Å²) in [6, 6.07) is 4.29. The summed E-state index contributed by atoms with van der Waals surface area (Å²) in [6.07, 6.45) is -0.664. The van der Waals surface area contributed by atoms with Crippen molar-refractivity contribution in [2.45, 2.75) is 19.1 Å². The van der Waals surface area contributed by atoms with Gasteiger partial charge in [0.15, 0.2) is 0 Å². The number of hydrogen-bond acceptors (Lipinski definition) is 4. The number of aliphatic hydroxyl groups excluding tert-OH is 2. The lowest BCUT2D eigenvalue weighted by atomic mass is 10.2. The third-order valence-corrected chi connectivity index (χ3v) is 2.90. The number of nitrogens with one attached hydrogen (secondary N) is 1. The molecule has 0 aliphatic carbocycles. The van der Waals surface area contributed by atoms with Crippen molar-refractivity contribution in [1.82, 2.24) is 5.32 Å². The smallest absolute Gasteiger partial charge is 0.0895 e. The van der Waals surface area contributed by atoms with Crippen LogP contribution in [-0.4, -0.2) is 29.5 Å². The van der Waals surface area contributed by atoms with Crippen LogP contribution in [0.4, 0.5) is 0 Å². The molecule has 0 spiro atoms. The highest BCUT2D eigenvalue weighted by Crippen LogP contribution is 2.17. The number of hydrogen-bond donors (Lipinski definition) is 3. The number of aliphatic hydroxyl groups is 2. The van der Waals surface area contributed by atoms with Gasteiger partial charge in [0.05, 0.1) is 12.7 Å². The predicted octanol–water partition coefficient (Wildman–Crippen LogP) is 0.752. The Morgan fingerprint density at radius 3 is 2.92 bits per heavy atom. The molecular weight excluding hydrogens is 186 g/mol. The standard InChI is InChI=1S/C9H15NO2S/c1-7(9-3-2-4-13-9)10-5-8(12)6-11/h2-4,7-8,10-12H,5-6H2,1H3/t7-,8+/m1/s1. The van der Waals surface area contributed by atoms with Gasteiger partial charge in [0, 0.05) is 17.5 Å². The molecule has 0 radical (unpaired) electrons. The van der Waals surface area contributed by atoms with E-state index in [2.05, 4.69) is 5.32 Å². The fourth-order valence-electron chi connectivity index (χ4n) is 1.02. The minimum atomic E-state index is -0.664. The quantitative estimate of drug-likeness (QED) is 0.659. The number of thiophene rings is 1. The lowest BCUT2D eigenvalue weighted by Crippen LogP contribution is -2.30. The fraction of sp³-hybridized carbons (Fsp3) is 0.556. The summed E-state index contributed by atoms with van der Waals surface area (Å²) in [4.78, 5) is 1.24. The molecule has 0 aromatic carbocycles. The molecule has 1 rings (SSSR count). The van der Waals surface area contributed by atoms with Gasteiger partial charge in [-0.05, 0) is 18.4 Å². The molecule has 13 heavy (non-hydrogen) atoms. The van der Waals surface area contributed by atoms with E-state index in [1.165, 1.54) is 4.88 Å². The molecule has 0 fully saturated rings. The number of rotatable bonds is 5. The monoisotopic (exact) mass is 201 g/mol. The predicted molar refractivity (Wildman–Crippen MR) is 53.8 cm³/mol. The van der Waals surface area contributed by atoms with Crippen molar-refractivity contribution in [3.8, 4) is 0 Å². The van der Waals surface area contributed by atoms with Gasteiger partial charge < -0.3 is 15.5 Å². The summed E-state index contributed by atoms with van der Waals surface area (Å²) >= 11 is 1.68. The summed E-state index contributed by atoms with van der Waals surface area (Å²) < 4.78 is 0. The van der Waals surface area contributed by atoms with E-state index < -0.39 is 6.10 Å². The molecule has 1 aromatic heterocycles. The van der Waals surface area contributed by atoms with Crippen molar-refractivity contribution in [3.63, 3.8) is 0 Å². The van der Waals surface area contributed by atoms with Crippen molar-refractivity contribution in [3.05, 3.63) is 22.4 Å². The van der Waals surface area contributed by atoms with Gasteiger partial charge in [0.2, 0.25) is 0 Å². The minimum absolute atomic E-state index is 0.190. The van der Waals surface area contributed by atoms with Gasteiger partial charge in [-0.25, -0.2) is 0 Å². The Morgan fingerprint density at radius 1 is 1.62 bits per heavy atom. The Labute approximate surface area is 82.0 Å². The summed E-state index contributed by atoms with van der Waals surface area (Å²) in [5.74, 6) is 0. The largest absolute Gasteiger partial charge is 0.394 e. The first-order valence-corrected chi connectivity index (χ1v) is 5.17. The van der Waals surface area contributed by atoms with E-state index in [-0.39, 0.29) is 12.6 Å². The highest BCUT2D eigenvalue weighted by Gasteiger charge is 2.07. The van der Waals surface area contributed by atoms with Gasteiger partial charge >= 0.3 is 0 Å². The average Bonchev–Trinajstić information content (AvgIpc) is 2.66. The second kappa shape index (κ2) is 5.34. The van der Waals surface area contributed by atoms with Crippen LogP contribution in [0.25, 0.3) is 0 Å². The average molecular weight is 201 g/mol. The normalized spacial score (nSPS) is 15.6. The van der Waals surface area contributed by atoms with Crippen molar-refractivity contribution >= 4 is 11.3 Å². The maximum Gasteiger partial charge on any atom is 0.0895 e. The third kappa shape index (κ3) is 3.44. The van der Waals surface area contributed by atoms with Crippen LogP contribution in [-0.2, 0) is 0 Å². The highest BCUT2D eigenvalue weighted by atomic mass is 32.1. The molecule has 0 bridgehead atoms. The van der Waals surface area contributed by atoms with E-state index in [1.54, 1.807) is 11.3 Å². The summed E-state index contributed by atoms with van der Waals surface area (Å²) in [5.41, 5.74) is 0. The van der Waals surface area contributed by atoms with Gasteiger partial charge in [-0.3, -0.25) is 0 Å². The lowest BCUT2D eigenvalue weighted by molar-refractivity contribution is 0.0925. The maximum absolute atomic E-state index is 9.10. The minimum Gasteiger partial charge on any atom is -0.394 e. The van der Waals surface area contributed by atoms with Gasteiger partial charge in [-0.15, -0.1) is 11.3 Å². The van der Waals surface area contributed by atoms with Crippen LogP contribution in [0.2, 0.25) is 0 Å². The highest BCUT2D eigenvalue weighted by molar-refractivity contribution is 7.10. The van der Waals surface area contributed by atoms with Crippen LogP contribution in [0.15, 0.2) is 17.5 Å². The molecule has 74 valence electrons. The molecule has 2 atom stereocenters. The maximum atomic E-state index is 9.10. The summed E-state index contributed by atoms with van der Waals surface area (Å²) in [7, 11) is 0. The molecule has 3 nitrogen and oxygen atoms in total.